The first-order valence-corrected chi connectivity index (χ1v) is 15.0. The quantitative estimate of drug-likeness (QED) is 0.183. The Morgan fingerprint density at radius 3 is 1.93 bits per heavy atom. The molecule has 5 aromatic carbocycles. The van der Waals surface area contributed by atoms with Crippen molar-refractivity contribution in [3.8, 4) is 22.3 Å². The first kappa shape index (κ1) is 30.1. The molecule has 5 aromatic rings. The summed E-state index contributed by atoms with van der Waals surface area (Å²) in [6.07, 6.45) is 12.1. The van der Waals surface area contributed by atoms with Crippen LogP contribution in [0.2, 0.25) is 0 Å². The van der Waals surface area contributed by atoms with Crippen LogP contribution < -0.4 is 5.32 Å². The molecule has 0 amide bonds. The Morgan fingerprint density at radius 2 is 1.32 bits per heavy atom. The molecule has 0 bridgehead atoms. The second-order valence-corrected chi connectivity index (χ2v) is 10.6. The summed E-state index contributed by atoms with van der Waals surface area (Å²) in [4.78, 5) is 0. The van der Waals surface area contributed by atoms with Crippen molar-refractivity contribution in [1.82, 2.24) is 0 Å². The molecule has 0 saturated carbocycles. The number of allylic oxidation sites excluding steroid dienone is 5. The number of hydrogen-bond acceptors (Lipinski definition) is 1. The summed E-state index contributed by atoms with van der Waals surface area (Å²) in [7, 11) is 1.93. The second kappa shape index (κ2) is 13.7. The van der Waals surface area contributed by atoms with Crippen LogP contribution in [0, 0.1) is 0 Å². The van der Waals surface area contributed by atoms with E-state index in [-0.39, 0.29) is 0 Å². The maximum absolute atomic E-state index is 4.18. The van der Waals surface area contributed by atoms with Crippen LogP contribution >= 0.6 is 0 Å². The first-order chi connectivity index (χ1) is 21.6. The van der Waals surface area contributed by atoms with Gasteiger partial charge in [-0.05, 0) is 74.7 Å². The van der Waals surface area contributed by atoms with E-state index in [1.807, 2.05) is 38.3 Å². The molecule has 1 atom stereocenters. The van der Waals surface area contributed by atoms with Gasteiger partial charge in [0.15, 0.2) is 0 Å². The minimum Gasteiger partial charge on any atom is -0.388 e. The first-order valence-electron chi connectivity index (χ1n) is 15.0. The van der Waals surface area contributed by atoms with Gasteiger partial charge in [0.1, 0.15) is 0 Å². The summed E-state index contributed by atoms with van der Waals surface area (Å²) in [6.45, 7) is 14.4. The largest absolute Gasteiger partial charge is 0.388 e. The van der Waals surface area contributed by atoms with E-state index in [9.17, 15) is 0 Å². The molecule has 1 nitrogen and oxygen atoms in total. The van der Waals surface area contributed by atoms with Gasteiger partial charge in [-0.2, -0.15) is 0 Å². The molecule has 0 aliphatic heterocycles. The predicted octanol–water partition coefficient (Wildman–Crippen LogP) is 11.4. The number of hydrogen-bond donors (Lipinski definition) is 1. The van der Waals surface area contributed by atoms with Crippen LogP contribution in [0.4, 0.5) is 5.69 Å². The molecule has 6 rings (SSSR count). The zero-order valence-electron chi connectivity index (χ0n) is 25.6. The van der Waals surface area contributed by atoms with E-state index >= 15 is 0 Å². The molecule has 0 heterocycles. The highest BCUT2D eigenvalue weighted by Crippen LogP contribution is 2.58. The van der Waals surface area contributed by atoms with E-state index in [2.05, 4.69) is 159 Å². The monoisotopic (exact) mass is 569 g/mol. The van der Waals surface area contributed by atoms with E-state index in [4.69, 9.17) is 0 Å². The number of fused-ring (bicyclic) bond motifs is 3. The Morgan fingerprint density at radius 1 is 0.682 bits per heavy atom. The van der Waals surface area contributed by atoms with Crippen LogP contribution in [0.15, 0.2) is 171 Å². The van der Waals surface area contributed by atoms with Gasteiger partial charge < -0.3 is 5.32 Å². The zero-order valence-corrected chi connectivity index (χ0v) is 25.6. The van der Waals surface area contributed by atoms with E-state index in [0.717, 1.165) is 16.8 Å². The maximum atomic E-state index is 4.18. The third-order valence-corrected chi connectivity index (χ3v) is 8.27. The Kier molecular flexibility index (Phi) is 9.37. The lowest BCUT2D eigenvalue weighted by molar-refractivity contribution is 0.767. The van der Waals surface area contributed by atoms with Gasteiger partial charge in [-0.25, -0.2) is 0 Å². The van der Waals surface area contributed by atoms with Crippen molar-refractivity contribution in [1.29, 1.82) is 0 Å². The molecule has 1 aliphatic rings. The molecule has 0 aromatic heterocycles. The molecule has 44 heavy (non-hydrogen) atoms. The molecule has 1 unspecified atom stereocenters. The molecule has 0 radical (unpaired) electrons. The van der Waals surface area contributed by atoms with Crippen molar-refractivity contribution < 1.29 is 0 Å². The van der Waals surface area contributed by atoms with E-state index in [1.54, 1.807) is 0 Å². The summed E-state index contributed by atoms with van der Waals surface area (Å²) in [5.41, 5.74) is 12.9. The van der Waals surface area contributed by atoms with Gasteiger partial charge in [0.2, 0.25) is 0 Å². The average Bonchev–Trinajstić information content (AvgIpc) is 3.39. The van der Waals surface area contributed by atoms with Crippen LogP contribution in [0.25, 0.3) is 34.4 Å². The third-order valence-electron chi connectivity index (χ3n) is 8.27. The van der Waals surface area contributed by atoms with Crippen LogP contribution in [-0.4, -0.2) is 7.05 Å². The van der Waals surface area contributed by atoms with E-state index in [0.29, 0.717) is 0 Å². The normalized spacial score (nSPS) is 15.0. The minimum absolute atomic E-state index is 0.449. The Bertz CT molecular complexity index is 1820. The van der Waals surface area contributed by atoms with Gasteiger partial charge >= 0.3 is 0 Å². The van der Waals surface area contributed by atoms with Gasteiger partial charge in [-0.1, -0.05) is 165 Å². The standard InChI is InChI=1S/C30H26.C13H13N/c1-5-14-22-20-21-28-29(25(22)8-4)26-18-12-13-19-27(26)30(28,23(7-3)15-6-2)24-16-10-9-11-17-24;1-14-13-9-7-12(8-10-13)11-5-3-2-4-6-11/h5-21H,2-4H2,1H3;2-10,14H,1H3/b14-5-,23-15+;. The molecule has 0 spiro atoms. The fourth-order valence-corrected chi connectivity index (χ4v) is 6.37. The van der Waals surface area contributed by atoms with E-state index in [1.165, 1.54) is 44.5 Å². The van der Waals surface area contributed by atoms with Crippen molar-refractivity contribution in [2.24, 2.45) is 0 Å². The van der Waals surface area contributed by atoms with Crippen molar-refractivity contribution in [3.05, 3.63) is 199 Å². The van der Waals surface area contributed by atoms with Crippen LogP contribution in [-0.2, 0) is 5.41 Å². The molecule has 1 aliphatic carbocycles. The summed E-state index contributed by atoms with van der Waals surface area (Å²) >= 11 is 0. The maximum Gasteiger partial charge on any atom is 0.0713 e. The number of rotatable bonds is 8. The molecule has 0 saturated heterocycles. The predicted molar refractivity (Wildman–Crippen MR) is 193 cm³/mol. The van der Waals surface area contributed by atoms with E-state index < -0.39 is 5.41 Å². The highest BCUT2D eigenvalue weighted by Gasteiger charge is 2.47. The van der Waals surface area contributed by atoms with Crippen LogP contribution in [0.3, 0.4) is 0 Å². The van der Waals surface area contributed by atoms with Crippen molar-refractivity contribution in [2.45, 2.75) is 12.3 Å². The van der Waals surface area contributed by atoms with Gasteiger partial charge in [0, 0.05) is 12.7 Å². The van der Waals surface area contributed by atoms with Gasteiger partial charge in [-0.3, -0.25) is 0 Å². The molecule has 1 N–H and O–H groups in total. The van der Waals surface area contributed by atoms with Gasteiger partial charge in [0.05, 0.1) is 5.41 Å². The lowest BCUT2D eigenvalue weighted by atomic mass is 9.67. The van der Waals surface area contributed by atoms with Gasteiger partial charge in [-0.15, -0.1) is 0 Å². The summed E-state index contributed by atoms with van der Waals surface area (Å²) in [6, 6.07) is 42.7. The lowest BCUT2D eigenvalue weighted by Gasteiger charge is -2.34. The number of benzene rings is 5. The number of anilines is 1. The molecular weight excluding hydrogens is 530 g/mol. The van der Waals surface area contributed by atoms with Crippen molar-refractivity contribution in [3.63, 3.8) is 0 Å². The molecule has 0 fully saturated rings. The number of nitrogens with one attached hydrogen (secondary N) is 1. The zero-order chi connectivity index (χ0) is 30.9. The van der Waals surface area contributed by atoms with Crippen molar-refractivity contribution in [2.75, 3.05) is 12.4 Å². The Hall–Kier alpha value is -5.40. The SMILES string of the molecule is C=C/C=C(\C=C)C1(c2ccccc2)c2ccccc2-c2c1ccc(/C=C\C)c2C=C.CNc1ccc(-c2ccccc2)cc1. The molecular formula is C43H39N. The summed E-state index contributed by atoms with van der Waals surface area (Å²) in [5.74, 6) is 0. The Balaban J connectivity index is 0.000000229. The second-order valence-electron chi connectivity index (χ2n) is 10.6. The highest BCUT2D eigenvalue weighted by atomic mass is 14.8. The highest BCUT2D eigenvalue weighted by molar-refractivity contribution is 5.93. The van der Waals surface area contributed by atoms with Crippen molar-refractivity contribution >= 4 is 17.8 Å². The summed E-state index contributed by atoms with van der Waals surface area (Å²) in [5, 5.41) is 3.11. The topological polar surface area (TPSA) is 12.0 Å². The molecule has 216 valence electrons. The minimum atomic E-state index is -0.449. The van der Waals surface area contributed by atoms with Gasteiger partial charge in [0.25, 0.3) is 0 Å². The average molecular weight is 570 g/mol. The fourth-order valence-electron chi connectivity index (χ4n) is 6.37. The van der Waals surface area contributed by atoms with Crippen LogP contribution in [0.5, 0.6) is 0 Å². The Labute approximate surface area is 263 Å². The summed E-state index contributed by atoms with van der Waals surface area (Å²) < 4.78 is 0. The third kappa shape index (κ3) is 5.41. The smallest absolute Gasteiger partial charge is 0.0713 e. The molecule has 1 heteroatoms. The fraction of sp³-hybridized carbons (Fsp3) is 0.0698. The lowest BCUT2D eigenvalue weighted by Crippen LogP contribution is -2.29. The van der Waals surface area contributed by atoms with Crippen LogP contribution in [0.1, 0.15) is 34.7 Å².